The number of carbonyl (C=O) groups is 2. The zero-order valence-electron chi connectivity index (χ0n) is 9.10. The van der Waals surface area contributed by atoms with Crippen LogP contribution in [-0.2, 0) is 24.3 Å². The average Bonchev–Trinajstić information content (AvgIpc) is 2.23. The van der Waals surface area contributed by atoms with Gasteiger partial charge in [-0.2, -0.15) is 0 Å². The molecule has 0 unspecified atom stereocenters. The van der Waals surface area contributed by atoms with E-state index in [0.717, 1.165) is 0 Å². The second-order valence-electron chi connectivity index (χ2n) is 3.03. The van der Waals surface area contributed by atoms with Gasteiger partial charge in [0, 0.05) is 6.42 Å². The van der Waals surface area contributed by atoms with Crippen molar-refractivity contribution in [3.8, 4) is 0 Å². The summed E-state index contributed by atoms with van der Waals surface area (Å²) in [6.07, 6.45) is -0.291. The van der Waals surface area contributed by atoms with Crippen molar-refractivity contribution in [2.45, 2.75) is 25.8 Å². The molecule has 8 heteroatoms. The second kappa shape index (κ2) is 6.44. The van der Waals surface area contributed by atoms with Crippen molar-refractivity contribution < 1.29 is 27.9 Å². The van der Waals surface area contributed by atoms with Crippen LogP contribution in [0, 0.1) is 0 Å². The number of carboxylic acids is 1. The maximum atomic E-state index is 11.1. The fourth-order valence-corrected chi connectivity index (χ4v) is 1.72. The van der Waals surface area contributed by atoms with Crippen molar-refractivity contribution in [1.82, 2.24) is 4.72 Å². The van der Waals surface area contributed by atoms with Crippen LogP contribution in [0.3, 0.4) is 0 Å². The molecule has 7 nitrogen and oxygen atoms in total. The molecule has 0 fully saturated rings. The van der Waals surface area contributed by atoms with Gasteiger partial charge in [0.15, 0.2) is 0 Å². The number of esters is 1. The Morgan fingerprint density at radius 2 is 2.00 bits per heavy atom. The van der Waals surface area contributed by atoms with Crippen molar-refractivity contribution in [1.29, 1.82) is 0 Å². The lowest BCUT2D eigenvalue weighted by molar-refractivity contribution is -0.142. The van der Waals surface area contributed by atoms with Gasteiger partial charge in [-0.25, -0.2) is 13.1 Å². The van der Waals surface area contributed by atoms with Gasteiger partial charge in [0.05, 0.1) is 12.9 Å². The largest absolute Gasteiger partial charge is 0.480 e. The van der Waals surface area contributed by atoms with Gasteiger partial charge in [-0.05, 0) is 13.3 Å². The molecular formula is C8H15NO6S. The first kappa shape index (κ1) is 14.8. The lowest BCUT2D eigenvalue weighted by atomic mass is 10.2. The molecule has 0 bridgehead atoms. The highest BCUT2D eigenvalue weighted by molar-refractivity contribution is 7.89. The molecule has 0 amide bonds. The van der Waals surface area contributed by atoms with E-state index in [1.165, 1.54) is 14.0 Å². The van der Waals surface area contributed by atoms with Crippen LogP contribution in [-0.4, -0.2) is 44.4 Å². The number of aliphatic carboxylic acids is 1. The third-order valence-electron chi connectivity index (χ3n) is 1.86. The highest BCUT2D eigenvalue weighted by Crippen LogP contribution is 2.01. The lowest BCUT2D eigenvalue weighted by Gasteiger charge is -2.12. The van der Waals surface area contributed by atoms with Crippen LogP contribution < -0.4 is 4.72 Å². The van der Waals surface area contributed by atoms with Crippen LogP contribution in [0.15, 0.2) is 0 Å². The zero-order chi connectivity index (χ0) is 12.8. The summed E-state index contributed by atoms with van der Waals surface area (Å²) in [7, 11) is -2.43. The Balaban J connectivity index is 4.41. The molecule has 0 aliphatic carbocycles. The first-order valence-electron chi connectivity index (χ1n) is 4.62. The fourth-order valence-electron chi connectivity index (χ4n) is 0.897. The Hall–Kier alpha value is -1.15. The molecule has 0 aliphatic heterocycles. The van der Waals surface area contributed by atoms with Gasteiger partial charge in [0.25, 0.3) is 0 Å². The number of sulfonamides is 1. The molecule has 2 N–H and O–H groups in total. The van der Waals surface area contributed by atoms with Crippen LogP contribution in [0.25, 0.3) is 0 Å². The minimum absolute atomic E-state index is 0.138. The highest BCUT2D eigenvalue weighted by Gasteiger charge is 2.23. The summed E-state index contributed by atoms with van der Waals surface area (Å²) >= 11 is 0. The van der Waals surface area contributed by atoms with Gasteiger partial charge < -0.3 is 9.84 Å². The van der Waals surface area contributed by atoms with E-state index in [2.05, 4.69) is 4.74 Å². The topological polar surface area (TPSA) is 110 Å². The van der Waals surface area contributed by atoms with Crippen molar-refractivity contribution >= 4 is 22.0 Å². The third-order valence-corrected chi connectivity index (χ3v) is 3.27. The molecule has 94 valence electrons. The van der Waals surface area contributed by atoms with Gasteiger partial charge in [0.1, 0.15) is 6.04 Å². The van der Waals surface area contributed by atoms with Crippen LogP contribution in [0.5, 0.6) is 0 Å². The van der Waals surface area contributed by atoms with Gasteiger partial charge in [-0.1, -0.05) is 0 Å². The number of methoxy groups -OCH3 is 1. The Morgan fingerprint density at radius 1 is 1.44 bits per heavy atom. The molecule has 0 aromatic heterocycles. The van der Waals surface area contributed by atoms with Crippen LogP contribution in [0.4, 0.5) is 0 Å². The number of carbonyl (C=O) groups excluding carboxylic acids is 1. The highest BCUT2D eigenvalue weighted by atomic mass is 32.2. The molecule has 0 spiro atoms. The molecule has 0 heterocycles. The van der Waals surface area contributed by atoms with E-state index >= 15 is 0 Å². The van der Waals surface area contributed by atoms with E-state index in [4.69, 9.17) is 5.11 Å². The molecule has 0 rings (SSSR count). The maximum Gasteiger partial charge on any atom is 0.321 e. The standard InChI is InChI=1S/C8H15NO6S/c1-3-16(13,14)9-6(8(11)12)4-5-7(10)15-2/h6,9H,3-5H2,1-2H3,(H,11,12)/t6-/m0/s1. The van der Waals surface area contributed by atoms with Crippen molar-refractivity contribution in [3.63, 3.8) is 0 Å². The van der Waals surface area contributed by atoms with Gasteiger partial charge in [-0.15, -0.1) is 0 Å². The van der Waals surface area contributed by atoms with Crippen molar-refractivity contribution in [2.24, 2.45) is 0 Å². The Labute approximate surface area is 93.8 Å². The number of hydrogen-bond donors (Lipinski definition) is 2. The molecule has 1 atom stereocenters. The van der Waals surface area contributed by atoms with Gasteiger partial charge >= 0.3 is 11.9 Å². The molecule has 16 heavy (non-hydrogen) atoms. The third kappa shape index (κ3) is 5.66. The number of carboxylic acid groups (broad SMARTS) is 1. The molecule has 0 aromatic rings. The first-order valence-corrected chi connectivity index (χ1v) is 6.27. The lowest BCUT2D eigenvalue weighted by Crippen LogP contribution is -2.41. The van der Waals surface area contributed by atoms with Crippen molar-refractivity contribution in [3.05, 3.63) is 0 Å². The first-order chi connectivity index (χ1) is 7.32. The van der Waals surface area contributed by atoms with Gasteiger partial charge in [0.2, 0.25) is 10.0 Å². The van der Waals surface area contributed by atoms with Crippen LogP contribution >= 0.6 is 0 Å². The number of rotatable bonds is 7. The van der Waals surface area contributed by atoms with E-state index in [1.54, 1.807) is 0 Å². The monoisotopic (exact) mass is 253 g/mol. The summed E-state index contributed by atoms with van der Waals surface area (Å²) in [6, 6.07) is -1.30. The smallest absolute Gasteiger partial charge is 0.321 e. The zero-order valence-corrected chi connectivity index (χ0v) is 9.91. The van der Waals surface area contributed by atoms with Crippen LogP contribution in [0.2, 0.25) is 0 Å². The summed E-state index contributed by atoms with van der Waals surface area (Å²) in [5.41, 5.74) is 0. The Morgan fingerprint density at radius 3 is 2.38 bits per heavy atom. The molecular weight excluding hydrogens is 238 g/mol. The quantitative estimate of drug-likeness (QED) is 0.582. The predicted octanol–water partition coefficient (Wildman–Crippen LogP) is -0.668. The summed E-state index contributed by atoms with van der Waals surface area (Å²) < 4.78 is 28.6. The summed E-state index contributed by atoms with van der Waals surface area (Å²) in [4.78, 5) is 21.5. The van der Waals surface area contributed by atoms with E-state index in [-0.39, 0.29) is 18.6 Å². The SMILES string of the molecule is CCS(=O)(=O)N[C@@H](CCC(=O)OC)C(=O)O. The van der Waals surface area contributed by atoms with Crippen molar-refractivity contribution in [2.75, 3.05) is 12.9 Å². The Bertz CT molecular complexity index is 350. The number of hydrogen-bond acceptors (Lipinski definition) is 5. The molecule has 0 aromatic carbocycles. The van der Waals surface area contributed by atoms with E-state index in [1.807, 2.05) is 4.72 Å². The molecule has 0 aliphatic rings. The Kier molecular flexibility index (Phi) is 5.97. The minimum atomic E-state index is -3.60. The molecule has 0 saturated heterocycles. The van der Waals surface area contributed by atoms with Crippen LogP contribution in [0.1, 0.15) is 19.8 Å². The van der Waals surface area contributed by atoms with E-state index < -0.39 is 28.0 Å². The van der Waals surface area contributed by atoms with E-state index in [9.17, 15) is 18.0 Å². The predicted molar refractivity (Wildman–Crippen MR) is 55.3 cm³/mol. The number of ether oxygens (including phenoxy) is 1. The minimum Gasteiger partial charge on any atom is -0.480 e. The van der Waals surface area contributed by atoms with E-state index in [0.29, 0.717) is 0 Å². The maximum absolute atomic E-state index is 11.1. The molecule has 0 radical (unpaired) electrons. The fraction of sp³-hybridized carbons (Fsp3) is 0.750. The average molecular weight is 253 g/mol. The molecule has 0 saturated carbocycles. The van der Waals surface area contributed by atoms with Gasteiger partial charge in [-0.3, -0.25) is 9.59 Å². The number of nitrogens with one attached hydrogen (secondary N) is 1. The summed E-state index contributed by atoms with van der Waals surface area (Å²) in [6.45, 7) is 1.39. The summed E-state index contributed by atoms with van der Waals surface area (Å²) in [5.74, 6) is -2.11. The summed E-state index contributed by atoms with van der Waals surface area (Å²) in [5, 5.41) is 8.74. The second-order valence-corrected chi connectivity index (χ2v) is 5.07. The normalized spacial score (nSPS) is 13.1.